The number of aryl methyl sites for hydroxylation is 1. The zero-order valence-corrected chi connectivity index (χ0v) is 19.6. The van der Waals surface area contributed by atoms with E-state index >= 15 is 0 Å². The molecule has 4 N–H and O–H groups in total. The fourth-order valence-corrected chi connectivity index (χ4v) is 4.60. The van der Waals surface area contributed by atoms with Crippen LogP contribution in [0.15, 0.2) is 18.2 Å². The Bertz CT molecular complexity index is 1060. The molecule has 2 atom stereocenters. The lowest BCUT2D eigenvalue weighted by molar-refractivity contribution is -0.135. The van der Waals surface area contributed by atoms with Gasteiger partial charge in [0.25, 0.3) is 5.91 Å². The number of nitrogens with one attached hydrogen (secondary N) is 2. The number of aromatic nitrogens is 2. The zero-order chi connectivity index (χ0) is 23.2. The quantitative estimate of drug-likeness (QED) is 0.622. The van der Waals surface area contributed by atoms with Gasteiger partial charge in [0.2, 0.25) is 11.5 Å². The minimum Gasteiger partial charge on any atom is -0.474 e. The van der Waals surface area contributed by atoms with Gasteiger partial charge in [0.15, 0.2) is 0 Å². The Balaban J connectivity index is 1.48. The number of hydrogen-bond donors (Lipinski definition) is 3. The van der Waals surface area contributed by atoms with Gasteiger partial charge < -0.3 is 30.7 Å². The lowest BCUT2D eigenvalue weighted by Crippen LogP contribution is -2.55. The predicted molar refractivity (Wildman–Crippen MR) is 127 cm³/mol. The highest BCUT2D eigenvalue weighted by Crippen LogP contribution is 2.42. The third-order valence-corrected chi connectivity index (χ3v) is 6.62. The van der Waals surface area contributed by atoms with E-state index in [4.69, 9.17) is 26.8 Å². The fraction of sp³-hybridized carbons (Fsp3) is 0.522. The maximum atomic E-state index is 12.8. The topological polar surface area (TPSA) is 115 Å². The summed E-state index contributed by atoms with van der Waals surface area (Å²) in [6.45, 7) is 5.88. The minimum atomic E-state index is -1.00. The molecule has 10 heteroatoms. The Hall–Kier alpha value is -2.78. The number of nitrogen functional groups attached to an aromatic ring is 1. The second kappa shape index (κ2) is 8.53. The molecule has 1 amide bonds. The molecule has 1 unspecified atom stereocenters. The predicted octanol–water partition coefficient (Wildman–Crippen LogP) is 2.83. The summed E-state index contributed by atoms with van der Waals surface area (Å²) in [4.78, 5) is 23.6. The van der Waals surface area contributed by atoms with Crippen molar-refractivity contribution in [3.05, 3.63) is 34.5 Å². The van der Waals surface area contributed by atoms with Crippen LogP contribution < -0.4 is 26.0 Å². The van der Waals surface area contributed by atoms with Gasteiger partial charge in [0.05, 0.1) is 24.9 Å². The van der Waals surface area contributed by atoms with E-state index in [1.54, 1.807) is 0 Å². The summed E-state index contributed by atoms with van der Waals surface area (Å²) >= 11 is 6.76. The van der Waals surface area contributed by atoms with Gasteiger partial charge in [0.1, 0.15) is 11.6 Å². The Morgan fingerprint density at radius 3 is 2.91 bits per heavy atom. The highest BCUT2D eigenvalue weighted by atomic mass is 35.5. The first-order valence-electron chi connectivity index (χ1n) is 11.4. The first kappa shape index (κ1) is 22.0. The molecule has 0 radical (unpaired) electrons. The van der Waals surface area contributed by atoms with Crippen LogP contribution >= 0.6 is 11.6 Å². The Morgan fingerprint density at radius 1 is 1.33 bits per heavy atom. The lowest BCUT2D eigenvalue weighted by Gasteiger charge is -2.37. The van der Waals surface area contributed by atoms with Crippen LogP contribution in [-0.2, 0) is 9.53 Å². The van der Waals surface area contributed by atoms with Crippen molar-refractivity contribution in [2.75, 3.05) is 42.3 Å². The fourth-order valence-electron chi connectivity index (χ4n) is 4.31. The van der Waals surface area contributed by atoms with E-state index in [1.165, 1.54) is 0 Å². The number of anilines is 3. The summed E-state index contributed by atoms with van der Waals surface area (Å²) in [6.07, 6.45) is 2.89. The minimum absolute atomic E-state index is 0.106. The first-order valence-corrected chi connectivity index (χ1v) is 11.7. The summed E-state index contributed by atoms with van der Waals surface area (Å²) in [5.74, 6) is 1.45. The summed E-state index contributed by atoms with van der Waals surface area (Å²) < 4.78 is 12.2. The Labute approximate surface area is 198 Å². The number of halogens is 1. The SMILES string of the molecule is Cc1cc(N2CCCOCC2c2cc3c(cc2Cl)NC[C@@](C)(C(=O)NC2CC2)O3)nc(N)n1. The third-order valence-electron chi connectivity index (χ3n) is 6.29. The summed E-state index contributed by atoms with van der Waals surface area (Å²) in [5.41, 5.74) is 7.34. The Morgan fingerprint density at radius 2 is 2.15 bits per heavy atom. The number of ether oxygens (including phenoxy) is 2. The van der Waals surface area contributed by atoms with Crippen molar-refractivity contribution in [2.45, 2.75) is 50.8 Å². The number of hydrogen-bond acceptors (Lipinski definition) is 8. The number of fused-ring (bicyclic) bond motifs is 1. The third kappa shape index (κ3) is 4.52. The van der Waals surface area contributed by atoms with Crippen LogP contribution in [0.1, 0.15) is 43.5 Å². The van der Waals surface area contributed by atoms with Crippen LogP contribution in [0.25, 0.3) is 0 Å². The molecular weight excluding hydrogens is 444 g/mol. The number of nitrogens with two attached hydrogens (primary N) is 1. The highest BCUT2D eigenvalue weighted by molar-refractivity contribution is 6.31. The average molecular weight is 473 g/mol. The van der Waals surface area contributed by atoms with Gasteiger partial charge in [-0.2, -0.15) is 4.98 Å². The van der Waals surface area contributed by atoms with Crippen LogP contribution in [0.3, 0.4) is 0 Å². The summed E-state index contributed by atoms with van der Waals surface area (Å²) in [7, 11) is 0. The van der Waals surface area contributed by atoms with Gasteiger partial charge in [-0.25, -0.2) is 4.98 Å². The van der Waals surface area contributed by atoms with Crippen molar-refractivity contribution in [3.63, 3.8) is 0 Å². The molecule has 1 aliphatic carbocycles. The molecule has 9 nitrogen and oxygen atoms in total. The van der Waals surface area contributed by atoms with Crippen molar-refractivity contribution in [3.8, 4) is 5.75 Å². The second-order valence-corrected chi connectivity index (χ2v) is 9.57. The second-order valence-electron chi connectivity index (χ2n) is 9.17. The Kier molecular flexibility index (Phi) is 5.70. The van der Waals surface area contributed by atoms with Crippen LogP contribution in [0.2, 0.25) is 5.02 Å². The van der Waals surface area contributed by atoms with Gasteiger partial charge in [0, 0.05) is 36.0 Å². The van der Waals surface area contributed by atoms with Crippen LogP contribution in [0.4, 0.5) is 17.5 Å². The van der Waals surface area contributed by atoms with Gasteiger partial charge in [-0.1, -0.05) is 11.6 Å². The number of rotatable bonds is 4. The van der Waals surface area contributed by atoms with Crippen LogP contribution in [0.5, 0.6) is 5.75 Å². The normalized spacial score (nSPS) is 24.8. The standard InChI is InChI=1S/C23H29ClN6O3/c1-13-8-20(29-22(25)27-13)30-6-3-7-32-11-18(30)15-9-19-17(10-16(15)24)26-12-23(2,33-19)21(31)28-14-4-5-14/h8-10,14,18,26H,3-7,11-12H2,1-2H3,(H,28,31)(H2,25,27,29)/t18?,23-/m0/s1. The molecule has 1 aromatic carbocycles. The van der Waals surface area contributed by atoms with E-state index in [1.807, 2.05) is 32.0 Å². The van der Waals surface area contributed by atoms with Crippen molar-refractivity contribution < 1.29 is 14.3 Å². The maximum Gasteiger partial charge on any atom is 0.265 e. The van der Waals surface area contributed by atoms with E-state index in [0.717, 1.165) is 48.6 Å². The molecular formula is C23H29ClN6O3. The molecule has 2 aromatic rings. The number of carbonyl (C=O) groups excluding carboxylic acids is 1. The van der Waals surface area contributed by atoms with Gasteiger partial charge in [-0.05, 0) is 50.8 Å². The molecule has 176 valence electrons. The van der Waals surface area contributed by atoms with Crippen LogP contribution in [0, 0.1) is 6.92 Å². The van der Waals surface area contributed by atoms with Crippen molar-refractivity contribution >= 4 is 35.0 Å². The van der Waals surface area contributed by atoms with Gasteiger partial charge in [-0.15, -0.1) is 0 Å². The summed E-state index contributed by atoms with van der Waals surface area (Å²) in [5, 5.41) is 6.96. The molecule has 2 fully saturated rings. The van der Waals surface area contributed by atoms with E-state index in [0.29, 0.717) is 30.5 Å². The van der Waals surface area contributed by atoms with E-state index < -0.39 is 5.60 Å². The zero-order valence-electron chi connectivity index (χ0n) is 18.9. The molecule has 33 heavy (non-hydrogen) atoms. The van der Waals surface area contributed by atoms with E-state index in [-0.39, 0.29) is 23.9 Å². The molecule has 2 aliphatic heterocycles. The van der Waals surface area contributed by atoms with E-state index in [9.17, 15) is 4.79 Å². The monoisotopic (exact) mass is 472 g/mol. The molecule has 5 rings (SSSR count). The van der Waals surface area contributed by atoms with Gasteiger partial charge in [-0.3, -0.25) is 4.79 Å². The number of amides is 1. The van der Waals surface area contributed by atoms with Crippen molar-refractivity contribution in [1.82, 2.24) is 15.3 Å². The molecule has 0 bridgehead atoms. The first-order chi connectivity index (χ1) is 15.8. The number of carbonyl (C=O) groups is 1. The smallest absolute Gasteiger partial charge is 0.265 e. The van der Waals surface area contributed by atoms with E-state index in [2.05, 4.69) is 25.5 Å². The summed E-state index contributed by atoms with van der Waals surface area (Å²) in [6, 6.07) is 5.75. The molecule has 3 aliphatic rings. The molecule has 0 spiro atoms. The molecule has 1 saturated heterocycles. The molecule has 1 aromatic heterocycles. The van der Waals surface area contributed by atoms with Crippen molar-refractivity contribution in [1.29, 1.82) is 0 Å². The number of benzene rings is 1. The molecule has 3 heterocycles. The van der Waals surface area contributed by atoms with Crippen molar-refractivity contribution in [2.24, 2.45) is 0 Å². The average Bonchev–Trinajstić information content (AvgIpc) is 3.59. The highest BCUT2D eigenvalue weighted by Gasteiger charge is 2.42. The number of nitrogens with zero attached hydrogens (tertiary/aromatic N) is 3. The maximum absolute atomic E-state index is 12.8. The lowest BCUT2D eigenvalue weighted by atomic mass is 10.00. The largest absolute Gasteiger partial charge is 0.474 e. The van der Waals surface area contributed by atoms with Gasteiger partial charge >= 0.3 is 0 Å². The van der Waals surface area contributed by atoms with Crippen LogP contribution in [-0.4, -0.2) is 53.8 Å². The molecule has 1 saturated carbocycles.